The van der Waals surface area contributed by atoms with Gasteiger partial charge in [0.2, 0.25) is 5.60 Å². The molecule has 0 fully saturated rings. The first-order valence-electron chi connectivity index (χ1n) is 8.71. The van der Waals surface area contributed by atoms with Crippen LogP contribution in [0.2, 0.25) is 0 Å². The third-order valence-electron chi connectivity index (χ3n) is 4.49. The molecule has 2 aromatic carbocycles. The summed E-state index contributed by atoms with van der Waals surface area (Å²) in [4.78, 5) is 17.4. The Hall–Kier alpha value is -2.96. The maximum Gasteiger partial charge on any atom is 0.348 e. The molecule has 0 bridgehead atoms. The fourth-order valence-electron chi connectivity index (χ4n) is 3.09. The van der Waals surface area contributed by atoms with Crippen molar-refractivity contribution < 1.29 is 14.6 Å². The van der Waals surface area contributed by atoms with E-state index >= 15 is 0 Å². The van der Waals surface area contributed by atoms with E-state index in [1.165, 1.54) is 0 Å². The summed E-state index contributed by atoms with van der Waals surface area (Å²) in [5.74, 6) is -0.747. The highest BCUT2D eigenvalue weighted by molar-refractivity contribution is 9.10. The van der Waals surface area contributed by atoms with Crippen molar-refractivity contribution in [2.45, 2.75) is 12.2 Å². The number of carbonyl (C=O) groups excluding carboxylic acids is 1. The van der Waals surface area contributed by atoms with Gasteiger partial charge < -0.3 is 14.2 Å². The van der Waals surface area contributed by atoms with Crippen LogP contribution in [0, 0.1) is 0 Å². The van der Waals surface area contributed by atoms with Gasteiger partial charge in [0.1, 0.15) is 12.3 Å². The van der Waals surface area contributed by atoms with Crippen molar-refractivity contribution in [2.24, 2.45) is 0 Å². The quantitative estimate of drug-likeness (QED) is 0.478. The van der Waals surface area contributed by atoms with E-state index in [-0.39, 0.29) is 6.61 Å². The van der Waals surface area contributed by atoms with Crippen molar-refractivity contribution in [1.82, 2.24) is 9.38 Å². The van der Waals surface area contributed by atoms with E-state index in [0.29, 0.717) is 16.8 Å². The lowest BCUT2D eigenvalue weighted by Crippen LogP contribution is -2.38. The molecule has 0 atom stereocenters. The maximum absolute atomic E-state index is 13.0. The number of ether oxygens (including phenoxy) is 1. The van der Waals surface area contributed by atoms with E-state index in [0.717, 1.165) is 10.1 Å². The minimum atomic E-state index is -1.90. The number of halogens is 1. The highest BCUT2D eigenvalue weighted by atomic mass is 79.9. The zero-order valence-corrected chi connectivity index (χ0v) is 16.4. The number of aliphatic hydroxyl groups is 1. The first-order valence-corrected chi connectivity index (χ1v) is 9.50. The fraction of sp³-hybridized carbons (Fsp3) is 0.0909. The highest BCUT2D eigenvalue weighted by Crippen LogP contribution is 2.31. The van der Waals surface area contributed by atoms with Crippen LogP contribution in [0.15, 0.2) is 89.7 Å². The second-order valence-corrected chi connectivity index (χ2v) is 7.28. The molecule has 28 heavy (non-hydrogen) atoms. The van der Waals surface area contributed by atoms with Crippen LogP contribution >= 0.6 is 15.9 Å². The SMILES string of the molecule is O=C(OCc1cn2cc(Br)ccc2n1)C(O)(c1ccccc1)c1ccccc1. The summed E-state index contributed by atoms with van der Waals surface area (Å²) in [5, 5.41) is 11.4. The predicted molar refractivity (Wildman–Crippen MR) is 109 cm³/mol. The smallest absolute Gasteiger partial charge is 0.348 e. The number of esters is 1. The van der Waals surface area contributed by atoms with Crippen molar-refractivity contribution in [1.29, 1.82) is 0 Å². The van der Waals surface area contributed by atoms with Crippen LogP contribution < -0.4 is 0 Å². The minimum absolute atomic E-state index is 0.0416. The Labute approximate surface area is 170 Å². The van der Waals surface area contributed by atoms with E-state index in [4.69, 9.17) is 4.74 Å². The Balaban J connectivity index is 1.62. The maximum atomic E-state index is 13.0. The molecule has 0 aliphatic heterocycles. The Morgan fingerprint density at radius 3 is 2.18 bits per heavy atom. The van der Waals surface area contributed by atoms with Crippen LogP contribution in [0.3, 0.4) is 0 Å². The van der Waals surface area contributed by atoms with Crippen molar-refractivity contribution in [2.75, 3.05) is 0 Å². The zero-order chi connectivity index (χ0) is 19.6. The van der Waals surface area contributed by atoms with Gasteiger partial charge in [0, 0.05) is 16.9 Å². The van der Waals surface area contributed by atoms with Crippen molar-refractivity contribution in [3.63, 3.8) is 0 Å². The normalized spacial score (nSPS) is 11.5. The molecule has 4 rings (SSSR count). The van der Waals surface area contributed by atoms with Crippen LogP contribution in [0.25, 0.3) is 5.65 Å². The fourth-order valence-corrected chi connectivity index (χ4v) is 3.44. The average Bonchev–Trinajstić information content (AvgIpc) is 3.14. The second kappa shape index (κ2) is 7.58. The van der Waals surface area contributed by atoms with Gasteiger partial charge in [-0.3, -0.25) is 0 Å². The molecule has 0 spiro atoms. The molecule has 6 heteroatoms. The van der Waals surface area contributed by atoms with Crippen molar-refractivity contribution in [3.8, 4) is 0 Å². The molecule has 0 aliphatic carbocycles. The lowest BCUT2D eigenvalue weighted by atomic mass is 9.86. The molecular weight excluding hydrogens is 420 g/mol. The summed E-state index contributed by atoms with van der Waals surface area (Å²) in [5.41, 5.74) is 0.339. The molecular formula is C22H17BrN2O3. The number of fused-ring (bicyclic) bond motifs is 1. The topological polar surface area (TPSA) is 63.8 Å². The van der Waals surface area contributed by atoms with E-state index < -0.39 is 11.6 Å². The van der Waals surface area contributed by atoms with Gasteiger partial charge in [-0.25, -0.2) is 9.78 Å². The number of aromatic nitrogens is 2. The average molecular weight is 437 g/mol. The van der Waals surface area contributed by atoms with Crippen LogP contribution in [-0.2, 0) is 21.7 Å². The number of hydrogen-bond donors (Lipinski definition) is 1. The zero-order valence-electron chi connectivity index (χ0n) is 14.8. The summed E-state index contributed by atoms with van der Waals surface area (Å²) in [6.45, 7) is -0.0416. The summed E-state index contributed by atoms with van der Waals surface area (Å²) >= 11 is 3.41. The lowest BCUT2D eigenvalue weighted by Gasteiger charge is -2.26. The van der Waals surface area contributed by atoms with Gasteiger partial charge >= 0.3 is 5.97 Å². The number of hydrogen-bond acceptors (Lipinski definition) is 4. The number of imidazole rings is 1. The lowest BCUT2D eigenvalue weighted by molar-refractivity contribution is -0.163. The van der Waals surface area contributed by atoms with E-state index in [9.17, 15) is 9.90 Å². The third-order valence-corrected chi connectivity index (χ3v) is 4.96. The van der Waals surface area contributed by atoms with Gasteiger partial charge in [0.15, 0.2) is 0 Å². The molecule has 0 saturated heterocycles. The summed E-state index contributed by atoms with van der Waals surface area (Å²) in [7, 11) is 0. The number of pyridine rings is 1. The molecule has 4 aromatic rings. The van der Waals surface area contributed by atoms with Crippen molar-refractivity contribution >= 4 is 27.5 Å². The number of nitrogens with zero attached hydrogens (tertiary/aromatic N) is 2. The van der Waals surface area contributed by atoms with Crippen LogP contribution in [0.1, 0.15) is 16.8 Å². The minimum Gasteiger partial charge on any atom is -0.456 e. The van der Waals surface area contributed by atoms with Gasteiger partial charge in [-0.2, -0.15) is 0 Å². The molecule has 0 amide bonds. The molecule has 2 heterocycles. The second-order valence-electron chi connectivity index (χ2n) is 6.36. The molecule has 0 aliphatic rings. The Morgan fingerprint density at radius 1 is 0.964 bits per heavy atom. The molecule has 2 aromatic heterocycles. The largest absolute Gasteiger partial charge is 0.456 e. The Bertz CT molecular complexity index is 1070. The molecule has 1 N–H and O–H groups in total. The molecule has 140 valence electrons. The summed E-state index contributed by atoms with van der Waals surface area (Å²) in [6.07, 6.45) is 3.66. The first-order chi connectivity index (χ1) is 13.6. The van der Waals surface area contributed by atoms with Crippen LogP contribution in [0.5, 0.6) is 0 Å². The summed E-state index contributed by atoms with van der Waals surface area (Å²) in [6, 6.07) is 21.3. The Morgan fingerprint density at radius 2 is 1.57 bits per heavy atom. The number of benzene rings is 2. The van der Waals surface area contributed by atoms with Gasteiger partial charge in [-0.15, -0.1) is 0 Å². The van der Waals surface area contributed by atoms with Gasteiger partial charge in [0.05, 0.1) is 5.69 Å². The Kier molecular flexibility index (Phi) is 4.98. The van der Waals surface area contributed by atoms with Gasteiger partial charge in [0.25, 0.3) is 0 Å². The number of rotatable bonds is 5. The van der Waals surface area contributed by atoms with E-state index in [1.54, 1.807) is 54.7 Å². The van der Waals surface area contributed by atoms with Gasteiger partial charge in [-0.1, -0.05) is 60.7 Å². The third kappa shape index (κ3) is 3.44. The van der Waals surface area contributed by atoms with Gasteiger partial charge in [-0.05, 0) is 39.2 Å². The molecule has 0 saturated carbocycles. The number of carbonyl (C=O) groups is 1. The summed E-state index contributed by atoms with van der Waals surface area (Å²) < 4.78 is 8.25. The standard InChI is InChI=1S/C22H17BrN2O3/c23-18-11-12-20-24-19(14-25(20)13-18)15-28-21(26)22(27,16-7-3-1-4-8-16)17-9-5-2-6-10-17/h1-14,27H,15H2. The molecule has 5 nitrogen and oxygen atoms in total. The molecule has 0 radical (unpaired) electrons. The predicted octanol–water partition coefficient (Wildman–Crippen LogP) is 4.08. The van der Waals surface area contributed by atoms with E-state index in [1.807, 2.05) is 34.9 Å². The van der Waals surface area contributed by atoms with Crippen molar-refractivity contribution in [3.05, 3.63) is 106 Å². The van der Waals surface area contributed by atoms with Crippen LogP contribution in [0.4, 0.5) is 0 Å². The molecule has 0 unspecified atom stereocenters. The highest BCUT2D eigenvalue weighted by Gasteiger charge is 2.41. The van der Waals surface area contributed by atoms with Crippen LogP contribution in [-0.4, -0.2) is 20.5 Å². The van der Waals surface area contributed by atoms with E-state index in [2.05, 4.69) is 20.9 Å². The first kappa shape index (κ1) is 18.4. The monoisotopic (exact) mass is 436 g/mol.